The van der Waals surface area contributed by atoms with Gasteiger partial charge in [-0.05, 0) is 70.9 Å². The van der Waals surface area contributed by atoms with E-state index in [1.54, 1.807) is 0 Å². The Morgan fingerprint density at radius 1 is 1.33 bits per heavy atom. The van der Waals surface area contributed by atoms with Gasteiger partial charge in [0.2, 0.25) is 0 Å². The molecule has 18 heavy (non-hydrogen) atoms. The van der Waals surface area contributed by atoms with Gasteiger partial charge in [0.05, 0.1) is 0 Å². The Hall–Kier alpha value is -0.860. The van der Waals surface area contributed by atoms with Crippen LogP contribution in [-0.2, 0) is 0 Å². The summed E-state index contributed by atoms with van der Waals surface area (Å²) in [5.74, 6) is 0.832. The van der Waals surface area contributed by atoms with E-state index in [0.717, 1.165) is 5.92 Å². The molecule has 0 aliphatic carbocycles. The van der Waals surface area contributed by atoms with E-state index in [2.05, 4.69) is 56.4 Å². The van der Waals surface area contributed by atoms with E-state index in [4.69, 9.17) is 0 Å². The van der Waals surface area contributed by atoms with Gasteiger partial charge in [0, 0.05) is 6.04 Å². The number of hydrogen-bond donors (Lipinski definition) is 1. The lowest BCUT2D eigenvalue weighted by atomic mass is 9.90. The van der Waals surface area contributed by atoms with Crippen molar-refractivity contribution in [1.29, 1.82) is 0 Å². The zero-order valence-corrected chi connectivity index (χ0v) is 12.2. The Balaban J connectivity index is 2.17. The summed E-state index contributed by atoms with van der Waals surface area (Å²) >= 11 is 0. The highest BCUT2D eigenvalue weighted by Crippen LogP contribution is 2.30. The summed E-state index contributed by atoms with van der Waals surface area (Å²) in [5, 5.41) is 3.47. The lowest BCUT2D eigenvalue weighted by Crippen LogP contribution is -2.24. The molecule has 2 unspecified atom stereocenters. The molecule has 0 spiro atoms. The second kappa shape index (κ2) is 5.85. The average Bonchev–Trinajstić information content (AvgIpc) is 2.79. The molecule has 0 radical (unpaired) electrons. The second-order valence-corrected chi connectivity index (χ2v) is 5.93. The Labute approximate surface area is 111 Å². The first-order chi connectivity index (χ1) is 8.58. The molecule has 1 aromatic carbocycles. The van der Waals surface area contributed by atoms with Gasteiger partial charge in [0.1, 0.15) is 0 Å². The number of aryl methyl sites for hydroxylation is 2. The zero-order valence-electron chi connectivity index (χ0n) is 12.2. The minimum absolute atomic E-state index is 0.551. The molecule has 2 heteroatoms. The van der Waals surface area contributed by atoms with E-state index in [0.29, 0.717) is 6.04 Å². The van der Waals surface area contributed by atoms with Crippen LogP contribution < -0.4 is 5.32 Å². The van der Waals surface area contributed by atoms with Crippen LogP contribution in [0.5, 0.6) is 0 Å². The van der Waals surface area contributed by atoms with Crippen LogP contribution in [0.2, 0.25) is 0 Å². The molecule has 1 N–H and O–H groups in total. The lowest BCUT2D eigenvalue weighted by Gasteiger charge is -2.28. The standard InChI is InChI=1S/C16H26N2/c1-12-5-6-15(13(2)9-12)16(18(3)4)10-14-7-8-17-11-14/h5-6,9,14,16-17H,7-8,10-11H2,1-4H3. The largest absolute Gasteiger partial charge is 0.316 e. The average molecular weight is 246 g/mol. The summed E-state index contributed by atoms with van der Waals surface area (Å²) in [6.07, 6.45) is 2.60. The molecule has 1 heterocycles. The molecule has 1 aliphatic heterocycles. The molecule has 2 rings (SSSR count). The van der Waals surface area contributed by atoms with Gasteiger partial charge in [-0.15, -0.1) is 0 Å². The van der Waals surface area contributed by atoms with Crippen molar-refractivity contribution in [3.63, 3.8) is 0 Å². The fourth-order valence-electron chi connectivity index (χ4n) is 3.05. The molecule has 1 fully saturated rings. The summed E-state index contributed by atoms with van der Waals surface area (Å²) < 4.78 is 0. The maximum Gasteiger partial charge on any atom is 0.0347 e. The summed E-state index contributed by atoms with van der Waals surface area (Å²) in [5.41, 5.74) is 4.29. The van der Waals surface area contributed by atoms with Crippen LogP contribution in [0.25, 0.3) is 0 Å². The Bertz CT molecular complexity index is 392. The molecule has 100 valence electrons. The van der Waals surface area contributed by atoms with E-state index >= 15 is 0 Å². The van der Waals surface area contributed by atoms with Gasteiger partial charge in [-0.1, -0.05) is 23.8 Å². The number of rotatable bonds is 4. The van der Waals surface area contributed by atoms with Crippen LogP contribution in [0.4, 0.5) is 0 Å². The van der Waals surface area contributed by atoms with Crippen molar-refractivity contribution >= 4 is 0 Å². The van der Waals surface area contributed by atoms with Gasteiger partial charge in [0.25, 0.3) is 0 Å². The van der Waals surface area contributed by atoms with E-state index in [1.807, 2.05) is 0 Å². The first kappa shape index (κ1) is 13.6. The number of hydrogen-bond acceptors (Lipinski definition) is 2. The molecular weight excluding hydrogens is 220 g/mol. The van der Waals surface area contributed by atoms with Crippen molar-refractivity contribution in [3.8, 4) is 0 Å². The molecule has 2 nitrogen and oxygen atoms in total. The minimum Gasteiger partial charge on any atom is -0.316 e. The third kappa shape index (κ3) is 3.12. The third-order valence-electron chi connectivity index (χ3n) is 4.13. The van der Waals surface area contributed by atoms with Crippen LogP contribution in [0.1, 0.15) is 35.6 Å². The number of nitrogens with zero attached hydrogens (tertiary/aromatic N) is 1. The molecule has 0 bridgehead atoms. The molecule has 1 aliphatic rings. The van der Waals surface area contributed by atoms with Gasteiger partial charge in [0.15, 0.2) is 0 Å². The smallest absolute Gasteiger partial charge is 0.0347 e. The maximum absolute atomic E-state index is 3.47. The fraction of sp³-hybridized carbons (Fsp3) is 0.625. The van der Waals surface area contributed by atoms with Gasteiger partial charge in [-0.25, -0.2) is 0 Å². The summed E-state index contributed by atoms with van der Waals surface area (Å²) in [7, 11) is 4.40. The van der Waals surface area contributed by atoms with Crippen LogP contribution >= 0.6 is 0 Å². The van der Waals surface area contributed by atoms with Crippen LogP contribution in [0.3, 0.4) is 0 Å². The third-order valence-corrected chi connectivity index (χ3v) is 4.13. The highest BCUT2D eigenvalue weighted by atomic mass is 15.1. The van der Waals surface area contributed by atoms with Crippen molar-refractivity contribution in [2.75, 3.05) is 27.2 Å². The quantitative estimate of drug-likeness (QED) is 0.879. The predicted molar refractivity (Wildman–Crippen MR) is 77.9 cm³/mol. The van der Waals surface area contributed by atoms with E-state index in [-0.39, 0.29) is 0 Å². The summed E-state index contributed by atoms with van der Waals surface area (Å²) in [6, 6.07) is 7.41. The van der Waals surface area contributed by atoms with Gasteiger partial charge in [-0.2, -0.15) is 0 Å². The van der Waals surface area contributed by atoms with Gasteiger partial charge in [-0.3, -0.25) is 0 Å². The lowest BCUT2D eigenvalue weighted by molar-refractivity contribution is 0.252. The van der Waals surface area contributed by atoms with Crippen molar-refractivity contribution in [3.05, 3.63) is 34.9 Å². The molecule has 0 aromatic heterocycles. The topological polar surface area (TPSA) is 15.3 Å². The normalized spacial score (nSPS) is 21.5. The molecule has 1 saturated heterocycles. The molecular formula is C16H26N2. The van der Waals surface area contributed by atoms with Crippen molar-refractivity contribution in [2.24, 2.45) is 5.92 Å². The minimum atomic E-state index is 0.551. The zero-order chi connectivity index (χ0) is 13.1. The molecule has 0 saturated carbocycles. The Morgan fingerprint density at radius 3 is 2.67 bits per heavy atom. The summed E-state index contributed by atoms with van der Waals surface area (Å²) in [6.45, 7) is 6.79. The molecule has 0 amide bonds. The molecule has 1 aromatic rings. The van der Waals surface area contributed by atoms with E-state index < -0.39 is 0 Å². The Morgan fingerprint density at radius 2 is 2.11 bits per heavy atom. The van der Waals surface area contributed by atoms with Crippen molar-refractivity contribution < 1.29 is 0 Å². The maximum atomic E-state index is 3.47. The van der Waals surface area contributed by atoms with Crippen LogP contribution in [0.15, 0.2) is 18.2 Å². The van der Waals surface area contributed by atoms with Crippen LogP contribution in [-0.4, -0.2) is 32.1 Å². The second-order valence-electron chi connectivity index (χ2n) is 5.93. The van der Waals surface area contributed by atoms with E-state index in [1.165, 1.54) is 42.6 Å². The highest BCUT2D eigenvalue weighted by Gasteiger charge is 2.23. The predicted octanol–water partition coefficient (Wildman–Crippen LogP) is 2.91. The van der Waals surface area contributed by atoms with Crippen molar-refractivity contribution in [1.82, 2.24) is 10.2 Å². The SMILES string of the molecule is Cc1ccc(C(CC2CCNC2)N(C)C)c(C)c1. The number of nitrogens with one attached hydrogen (secondary N) is 1. The van der Waals surface area contributed by atoms with Gasteiger partial charge >= 0.3 is 0 Å². The number of benzene rings is 1. The van der Waals surface area contributed by atoms with E-state index in [9.17, 15) is 0 Å². The van der Waals surface area contributed by atoms with Crippen molar-refractivity contribution in [2.45, 2.75) is 32.7 Å². The van der Waals surface area contributed by atoms with Gasteiger partial charge < -0.3 is 10.2 Å². The fourth-order valence-corrected chi connectivity index (χ4v) is 3.05. The monoisotopic (exact) mass is 246 g/mol. The summed E-state index contributed by atoms with van der Waals surface area (Å²) in [4.78, 5) is 2.37. The Kier molecular flexibility index (Phi) is 4.41. The highest BCUT2D eigenvalue weighted by molar-refractivity contribution is 5.32. The first-order valence-corrected chi connectivity index (χ1v) is 7.02. The first-order valence-electron chi connectivity index (χ1n) is 7.02. The van der Waals surface area contributed by atoms with Crippen LogP contribution in [0, 0.1) is 19.8 Å². The molecule has 2 atom stereocenters.